The molecule has 0 radical (unpaired) electrons. The lowest BCUT2D eigenvalue weighted by Gasteiger charge is -2.22. The Bertz CT molecular complexity index is 733. The maximum atomic E-state index is 12.3. The minimum atomic E-state index is -1.03. The number of carbonyl (C=O) groups excluding carboxylic acids is 1. The standard InChI is InChI=1S/C16H17N3O3S/c17-16(7-1-2-8-16)15(22)18-11-5-3-10(4-6-11)12-9-23-13(19-12)14(20)21/h3-6,9H,1-2,7-8,17H2,(H,18,22)(H,20,21). The van der Waals surface area contributed by atoms with Crippen LogP contribution in [-0.2, 0) is 4.79 Å². The molecule has 7 heteroatoms. The van der Waals surface area contributed by atoms with Crippen LogP contribution in [0.25, 0.3) is 11.3 Å². The summed E-state index contributed by atoms with van der Waals surface area (Å²) in [7, 11) is 0. The summed E-state index contributed by atoms with van der Waals surface area (Å²) in [6.45, 7) is 0. The number of thiazole rings is 1. The molecule has 120 valence electrons. The number of nitrogens with two attached hydrogens (primary N) is 1. The van der Waals surface area contributed by atoms with Crippen molar-refractivity contribution in [2.75, 3.05) is 5.32 Å². The third-order valence-corrected chi connectivity index (χ3v) is 4.90. The first kappa shape index (κ1) is 15.6. The van der Waals surface area contributed by atoms with Crippen molar-refractivity contribution in [3.05, 3.63) is 34.7 Å². The molecular weight excluding hydrogens is 314 g/mol. The first-order valence-corrected chi connectivity index (χ1v) is 8.25. The number of carboxylic acids is 1. The first-order valence-electron chi connectivity index (χ1n) is 7.37. The highest BCUT2D eigenvalue weighted by Crippen LogP contribution is 2.29. The van der Waals surface area contributed by atoms with Gasteiger partial charge in [-0.05, 0) is 25.0 Å². The van der Waals surface area contributed by atoms with E-state index in [1.807, 2.05) is 0 Å². The second kappa shape index (κ2) is 6.10. The molecule has 6 nitrogen and oxygen atoms in total. The molecule has 0 bridgehead atoms. The Labute approximate surface area is 137 Å². The van der Waals surface area contributed by atoms with E-state index in [-0.39, 0.29) is 10.9 Å². The van der Waals surface area contributed by atoms with Gasteiger partial charge in [-0.1, -0.05) is 25.0 Å². The van der Waals surface area contributed by atoms with E-state index in [0.29, 0.717) is 24.2 Å². The smallest absolute Gasteiger partial charge is 0.365 e. The minimum absolute atomic E-state index is 0.0590. The molecule has 2 aromatic rings. The van der Waals surface area contributed by atoms with E-state index in [9.17, 15) is 9.59 Å². The Hall–Kier alpha value is -2.25. The summed E-state index contributed by atoms with van der Waals surface area (Å²) in [4.78, 5) is 27.2. The molecule has 0 atom stereocenters. The van der Waals surface area contributed by atoms with Crippen molar-refractivity contribution in [2.45, 2.75) is 31.2 Å². The molecule has 3 rings (SSSR count). The van der Waals surface area contributed by atoms with Gasteiger partial charge in [0.1, 0.15) is 0 Å². The van der Waals surface area contributed by atoms with Crippen LogP contribution in [-0.4, -0.2) is 27.5 Å². The fourth-order valence-corrected chi connectivity index (χ4v) is 3.38. The van der Waals surface area contributed by atoms with Gasteiger partial charge >= 0.3 is 5.97 Å². The molecule has 0 unspecified atom stereocenters. The molecule has 1 aromatic heterocycles. The van der Waals surface area contributed by atoms with E-state index in [1.54, 1.807) is 29.6 Å². The summed E-state index contributed by atoms with van der Waals surface area (Å²) in [5.41, 5.74) is 7.45. The van der Waals surface area contributed by atoms with Crippen molar-refractivity contribution in [3.63, 3.8) is 0 Å². The van der Waals surface area contributed by atoms with Crippen LogP contribution in [0.1, 0.15) is 35.5 Å². The second-order valence-electron chi connectivity index (χ2n) is 5.74. The minimum Gasteiger partial charge on any atom is -0.476 e. The molecule has 23 heavy (non-hydrogen) atoms. The zero-order chi connectivity index (χ0) is 16.4. The normalized spacial score (nSPS) is 16.2. The summed E-state index contributed by atoms with van der Waals surface area (Å²) in [5.74, 6) is -1.18. The number of hydrogen-bond acceptors (Lipinski definition) is 5. The molecule has 1 aliphatic rings. The summed E-state index contributed by atoms with van der Waals surface area (Å²) in [6.07, 6.45) is 3.40. The van der Waals surface area contributed by atoms with Crippen molar-refractivity contribution in [1.82, 2.24) is 4.98 Å². The summed E-state index contributed by atoms with van der Waals surface area (Å²) in [5, 5.41) is 13.5. The van der Waals surface area contributed by atoms with Crippen LogP contribution in [0.4, 0.5) is 5.69 Å². The lowest BCUT2D eigenvalue weighted by atomic mass is 9.98. The van der Waals surface area contributed by atoms with Gasteiger partial charge in [-0.3, -0.25) is 4.79 Å². The molecule has 1 aliphatic carbocycles. The Morgan fingerprint density at radius 2 is 1.87 bits per heavy atom. The summed E-state index contributed by atoms with van der Waals surface area (Å²) in [6, 6.07) is 7.14. The average Bonchev–Trinajstić information content (AvgIpc) is 3.18. The fraction of sp³-hybridized carbons (Fsp3) is 0.312. The maximum absolute atomic E-state index is 12.3. The number of aromatic nitrogens is 1. The van der Waals surface area contributed by atoms with Crippen molar-refractivity contribution >= 4 is 28.9 Å². The van der Waals surface area contributed by atoms with Crippen LogP contribution in [0, 0.1) is 0 Å². The van der Waals surface area contributed by atoms with Gasteiger partial charge in [0.05, 0.1) is 11.2 Å². The molecule has 1 saturated carbocycles. The molecule has 1 fully saturated rings. The lowest BCUT2D eigenvalue weighted by molar-refractivity contribution is -0.121. The van der Waals surface area contributed by atoms with Gasteiger partial charge in [-0.2, -0.15) is 0 Å². The number of anilines is 1. The van der Waals surface area contributed by atoms with E-state index in [1.165, 1.54) is 0 Å². The first-order chi connectivity index (χ1) is 11.0. The number of amides is 1. The summed E-state index contributed by atoms with van der Waals surface area (Å²) < 4.78 is 0. The van der Waals surface area contributed by atoms with Crippen LogP contribution in [0.5, 0.6) is 0 Å². The maximum Gasteiger partial charge on any atom is 0.365 e. The number of benzene rings is 1. The van der Waals surface area contributed by atoms with Crippen LogP contribution >= 0.6 is 11.3 Å². The zero-order valence-electron chi connectivity index (χ0n) is 12.4. The fourth-order valence-electron chi connectivity index (χ4n) is 2.72. The topological polar surface area (TPSA) is 105 Å². The van der Waals surface area contributed by atoms with Gasteiger partial charge in [0, 0.05) is 16.6 Å². The lowest BCUT2D eigenvalue weighted by Crippen LogP contribution is -2.48. The average molecular weight is 331 g/mol. The van der Waals surface area contributed by atoms with Gasteiger partial charge in [-0.15, -0.1) is 11.3 Å². The Kier molecular flexibility index (Phi) is 4.14. The molecule has 1 aromatic carbocycles. The molecular formula is C16H17N3O3S. The van der Waals surface area contributed by atoms with Gasteiger partial charge < -0.3 is 16.2 Å². The second-order valence-corrected chi connectivity index (χ2v) is 6.60. The van der Waals surface area contributed by atoms with Crippen LogP contribution < -0.4 is 11.1 Å². The highest BCUT2D eigenvalue weighted by atomic mass is 32.1. The third kappa shape index (κ3) is 3.25. The van der Waals surface area contributed by atoms with E-state index < -0.39 is 11.5 Å². The van der Waals surface area contributed by atoms with Crippen molar-refractivity contribution in [2.24, 2.45) is 5.73 Å². The predicted molar refractivity (Wildman–Crippen MR) is 88.5 cm³/mol. The van der Waals surface area contributed by atoms with Crippen molar-refractivity contribution < 1.29 is 14.7 Å². The molecule has 0 saturated heterocycles. The predicted octanol–water partition coefficient (Wildman–Crippen LogP) is 2.72. The van der Waals surface area contributed by atoms with Gasteiger partial charge in [0.2, 0.25) is 10.9 Å². The molecule has 1 amide bonds. The zero-order valence-corrected chi connectivity index (χ0v) is 13.2. The molecule has 1 heterocycles. The van der Waals surface area contributed by atoms with Gasteiger partial charge in [0.25, 0.3) is 0 Å². The number of carboxylic acid groups (broad SMARTS) is 1. The summed E-state index contributed by atoms with van der Waals surface area (Å²) >= 11 is 1.09. The number of carbonyl (C=O) groups is 2. The van der Waals surface area contributed by atoms with Crippen molar-refractivity contribution in [3.8, 4) is 11.3 Å². The highest BCUT2D eigenvalue weighted by molar-refractivity contribution is 7.11. The van der Waals surface area contributed by atoms with E-state index in [4.69, 9.17) is 10.8 Å². The number of nitrogens with zero attached hydrogens (tertiary/aromatic N) is 1. The number of aromatic carboxylic acids is 1. The molecule has 0 spiro atoms. The van der Waals surface area contributed by atoms with E-state index in [0.717, 1.165) is 29.7 Å². The number of hydrogen-bond donors (Lipinski definition) is 3. The number of nitrogens with one attached hydrogen (secondary N) is 1. The molecule has 4 N–H and O–H groups in total. The van der Waals surface area contributed by atoms with Crippen molar-refractivity contribution in [1.29, 1.82) is 0 Å². The molecule has 0 aliphatic heterocycles. The SMILES string of the molecule is NC1(C(=O)Nc2ccc(-c3csc(C(=O)O)n3)cc2)CCCC1. The van der Waals surface area contributed by atoms with Crippen LogP contribution in [0.15, 0.2) is 29.6 Å². The quantitative estimate of drug-likeness (QED) is 0.799. The Morgan fingerprint density at radius 1 is 1.22 bits per heavy atom. The Balaban J connectivity index is 1.71. The number of rotatable bonds is 4. The Morgan fingerprint density at radius 3 is 2.43 bits per heavy atom. The monoisotopic (exact) mass is 331 g/mol. The van der Waals surface area contributed by atoms with E-state index in [2.05, 4.69) is 10.3 Å². The van der Waals surface area contributed by atoms with E-state index >= 15 is 0 Å². The van der Waals surface area contributed by atoms with Gasteiger partial charge in [-0.25, -0.2) is 9.78 Å². The van der Waals surface area contributed by atoms with Gasteiger partial charge in [0.15, 0.2) is 0 Å². The largest absolute Gasteiger partial charge is 0.476 e. The van der Waals surface area contributed by atoms with Crippen LogP contribution in [0.3, 0.4) is 0 Å². The third-order valence-electron chi connectivity index (χ3n) is 4.07. The highest BCUT2D eigenvalue weighted by Gasteiger charge is 2.36. The van der Waals surface area contributed by atoms with Crippen LogP contribution in [0.2, 0.25) is 0 Å².